The summed E-state index contributed by atoms with van der Waals surface area (Å²) in [6.45, 7) is 4.04. The van der Waals surface area contributed by atoms with Gasteiger partial charge in [-0.15, -0.1) is 0 Å². The molecule has 1 aliphatic heterocycles. The second-order valence-electron chi connectivity index (χ2n) is 6.57. The number of ether oxygens (including phenoxy) is 3. The van der Waals surface area contributed by atoms with Gasteiger partial charge in [-0.05, 0) is 44.2 Å². The van der Waals surface area contributed by atoms with Gasteiger partial charge in [0.1, 0.15) is 18.2 Å². The second kappa shape index (κ2) is 6.96. The zero-order valence-electron chi connectivity index (χ0n) is 15.0. The van der Waals surface area contributed by atoms with Gasteiger partial charge in [-0.2, -0.15) is 0 Å². The standard InChI is InChI=1S/C21H18FNO4/c1-12-3-4-19-17(5-12)18(6-13(2)23-19)21(24)26-10-15-8-16(22)7-14-9-25-11-27-20(14)15/h3-8H,9-11H2,1-2H3. The zero-order chi connectivity index (χ0) is 19.0. The highest BCUT2D eigenvalue weighted by molar-refractivity contribution is 6.03. The Morgan fingerprint density at radius 1 is 1.22 bits per heavy atom. The van der Waals surface area contributed by atoms with Gasteiger partial charge in [-0.1, -0.05) is 11.6 Å². The van der Waals surface area contributed by atoms with E-state index in [9.17, 15) is 9.18 Å². The van der Waals surface area contributed by atoms with Crippen LogP contribution in [-0.4, -0.2) is 17.7 Å². The Morgan fingerprint density at radius 3 is 2.93 bits per heavy atom. The predicted octanol–water partition coefficient (Wildman–Crippen LogP) is 4.21. The van der Waals surface area contributed by atoms with Crippen molar-refractivity contribution < 1.29 is 23.4 Å². The van der Waals surface area contributed by atoms with Crippen LogP contribution in [0.15, 0.2) is 36.4 Å². The minimum Gasteiger partial charge on any atom is -0.467 e. The maximum atomic E-state index is 13.8. The van der Waals surface area contributed by atoms with Crippen molar-refractivity contribution in [3.63, 3.8) is 0 Å². The third-order valence-electron chi connectivity index (χ3n) is 4.42. The molecule has 0 bridgehead atoms. The number of aromatic nitrogens is 1. The summed E-state index contributed by atoms with van der Waals surface area (Å²) < 4.78 is 30.0. The van der Waals surface area contributed by atoms with Gasteiger partial charge in [0.25, 0.3) is 0 Å². The molecule has 27 heavy (non-hydrogen) atoms. The number of pyridine rings is 1. The van der Waals surface area contributed by atoms with Crippen LogP contribution in [0.3, 0.4) is 0 Å². The third kappa shape index (κ3) is 3.48. The van der Waals surface area contributed by atoms with E-state index in [1.807, 2.05) is 32.0 Å². The normalized spacial score (nSPS) is 13.1. The van der Waals surface area contributed by atoms with Crippen LogP contribution in [0.5, 0.6) is 5.75 Å². The lowest BCUT2D eigenvalue weighted by Gasteiger charge is -2.20. The monoisotopic (exact) mass is 367 g/mol. The smallest absolute Gasteiger partial charge is 0.339 e. The van der Waals surface area contributed by atoms with E-state index in [1.54, 1.807) is 6.07 Å². The van der Waals surface area contributed by atoms with Crippen LogP contribution < -0.4 is 4.74 Å². The molecule has 3 aromatic rings. The molecule has 0 spiro atoms. The first-order chi connectivity index (χ1) is 13.0. The number of rotatable bonds is 3. The van der Waals surface area contributed by atoms with Crippen molar-refractivity contribution in [1.82, 2.24) is 4.98 Å². The quantitative estimate of drug-likeness (QED) is 0.649. The van der Waals surface area contributed by atoms with Crippen molar-refractivity contribution in [3.05, 3.63) is 70.2 Å². The molecule has 0 atom stereocenters. The number of aryl methyl sites for hydroxylation is 2. The average Bonchev–Trinajstić information content (AvgIpc) is 2.65. The largest absolute Gasteiger partial charge is 0.467 e. The number of esters is 1. The molecule has 0 aliphatic carbocycles. The summed E-state index contributed by atoms with van der Waals surface area (Å²) in [5.41, 5.74) is 4.00. The van der Waals surface area contributed by atoms with Crippen molar-refractivity contribution in [2.24, 2.45) is 0 Å². The number of benzene rings is 2. The Morgan fingerprint density at radius 2 is 2.07 bits per heavy atom. The summed E-state index contributed by atoms with van der Waals surface area (Å²) in [7, 11) is 0. The number of hydrogen-bond acceptors (Lipinski definition) is 5. The van der Waals surface area contributed by atoms with Gasteiger partial charge in [0.2, 0.25) is 0 Å². The fraction of sp³-hybridized carbons (Fsp3) is 0.238. The van der Waals surface area contributed by atoms with Crippen LogP contribution in [0.1, 0.15) is 32.7 Å². The zero-order valence-corrected chi connectivity index (χ0v) is 15.0. The highest BCUT2D eigenvalue weighted by atomic mass is 19.1. The molecule has 0 radical (unpaired) electrons. The number of carbonyl (C=O) groups excluding carboxylic acids is 1. The Hall–Kier alpha value is -2.99. The lowest BCUT2D eigenvalue weighted by atomic mass is 10.1. The third-order valence-corrected chi connectivity index (χ3v) is 4.42. The number of carbonyl (C=O) groups is 1. The van der Waals surface area contributed by atoms with Crippen molar-refractivity contribution in [3.8, 4) is 5.75 Å². The van der Waals surface area contributed by atoms with Gasteiger partial charge in [-0.3, -0.25) is 4.98 Å². The lowest BCUT2D eigenvalue weighted by Crippen LogP contribution is -2.15. The van der Waals surface area contributed by atoms with Crippen molar-refractivity contribution in [2.45, 2.75) is 27.1 Å². The van der Waals surface area contributed by atoms with Crippen molar-refractivity contribution in [2.75, 3.05) is 6.79 Å². The van der Waals surface area contributed by atoms with E-state index in [4.69, 9.17) is 14.2 Å². The Bertz CT molecular complexity index is 1050. The highest BCUT2D eigenvalue weighted by Crippen LogP contribution is 2.30. The average molecular weight is 367 g/mol. The molecular weight excluding hydrogens is 349 g/mol. The van der Waals surface area contributed by atoms with Crippen molar-refractivity contribution in [1.29, 1.82) is 0 Å². The topological polar surface area (TPSA) is 57.7 Å². The summed E-state index contributed by atoms with van der Waals surface area (Å²) in [5, 5.41) is 0.733. The molecule has 4 rings (SSSR count). The molecule has 0 amide bonds. The molecule has 138 valence electrons. The predicted molar refractivity (Wildman–Crippen MR) is 97.0 cm³/mol. The summed E-state index contributed by atoms with van der Waals surface area (Å²) in [6.07, 6.45) is 0. The van der Waals surface area contributed by atoms with Gasteiger partial charge in [0.15, 0.2) is 6.79 Å². The summed E-state index contributed by atoms with van der Waals surface area (Å²) >= 11 is 0. The van der Waals surface area contributed by atoms with E-state index in [1.165, 1.54) is 12.1 Å². The Labute approximate surface area is 155 Å². The number of halogens is 1. The molecule has 6 heteroatoms. The van der Waals surface area contributed by atoms with Gasteiger partial charge in [-0.25, -0.2) is 9.18 Å². The molecule has 0 N–H and O–H groups in total. The highest BCUT2D eigenvalue weighted by Gasteiger charge is 2.19. The van der Waals surface area contributed by atoms with Crippen LogP contribution in [0.2, 0.25) is 0 Å². The summed E-state index contributed by atoms with van der Waals surface area (Å²) in [5.74, 6) is -0.391. The lowest BCUT2D eigenvalue weighted by molar-refractivity contribution is -0.0182. The van der Waals surface area contributed by atoms with Gasteiger partial charge in [0.05, 0.1) is 17.7 Å². The van der Waals surface area contributed by atoms with Gasteiger partial charge < -0.3 is 14.2 Å². The first kappa shape index (κ1) is 17.4. The minimum atomic E-state index is -0.485. The van der Waals surface area contributed by atoms with Crippen LogP contribution in [0.4, 0.5) is 4.39 Å². The SMILES string of the molecule is Cc1ccc2nc(C)cc(C(=O)OCc3cc(F)cc4c3OCOC4)c2c1. The van der Waals surface area contributed by atoms with Crippen LogP contribution in [-0.2, 0) is 22.7 Å². The molecule has 0 saturated heterocycles. The second-order valence-corrected chi connectivity index (χ2v) is 6.57. The van der Waals surface area contributed by atoms with E-state index in [-0.39, 0.29) is 20.0 Å². The summed E-state index contributed by atoms with van der Waals surface area (Å²) in [6, 6.07) is 10.1. The fourth-order valence-electron chi connectivity index (χ4n) is 3.23. The molecule has 1 aliphatic rings. The van der Waals surface area contributed by atoms with Crippen LogP contribution in [0, 0.1) is 19.7 Å². The Kier molecular flexibility index (Phi) is 4.49. The minimum absolute atomic E-state index is 0.0897. The molecule has 2 heterocycles. The molecule has 1 aromatic heterocycles. The molecule has 0 unspecified atom stereocenters. The van der Waals surface area contributed by atoms with Crippen molar-refractivity contribution >= 4 is 16.9 Å². The number of nitrogens with zero attached hydrogens (tertiary/aromatic N) is 1. The molecular formula is C21H18FNO4. The summed E-state index contributed by atoms with van der Waals surface area (Å²) in [4.78, 5) is 17.2. The maximum Gasteiger partial charge on any atom is 0.339 e. The maximum absolute atomic E-state index is 13.8. The van der Waals surface area contributed by atoms with Crippen LogP contribution >= 0.6 is 0 Å². The first-order valence-corrected chi connectivity index (χ1v) is 8.58. The number of hydrogen-bond donors (Lipinski definition) is 0. The van der Waals surface area contributed by atoms with E-state index in [0.717, 1.165) is 22.2 Å². The van der Waals surface area contributed by atoms with Gasteiger partial charge in [0, 0.05) is 22.2 Å². The van der Waals surface area contributed by atoms with Gasteiger partial charge >= 0.3 is 5.97 Å². The molecule has 0 fully saturated rings. The molecule has 0 saturated carbocycles. The molecule has 2 aromatic carbocycles. The Balaban J connectivity index is 1.64. The first-order valence-electron chi connectivity index (χ1n) is 8.58. The van der Waals surface area contributed by atoms with E-state index in [2.05, 4.69) is 4.98 Å². The van der Waals surface area contributed by atoms with Crippen LogP contribution in [0.25, 0.3) is 10.9 Å². The van der Waals surface area contributed by atoms with E-state index < -0.39 is 11.8 Å². The van der Waals surface area contributed by atoms with E-state index >= 15 is 0 Å². The number of fused-ring (bicyclic) bond motifs is 2. The fourth-order valence-corrected chi connectivity index (χ4v) is 3.23. The van der Waals surface area contributed by atoms with E-state index in [0.29, 0.717) is 22.4 Å². The molecule has 5 nitrogen and oxygen atoms in total.